The van der Waals surface area contributed by atoms with Gasteiger partial charge in [0.2, 0.25) is 0 Å². The Hall–Kier alpha value is -0.0800. The maximum atomic E-state index is 2.54. The summed E-state index contributed by atoms with van der Waals surface area (Å²) >= 11 is 0. The van der Waals surface area contributed by atoms with E-state index in [-0.39, 0.29) is 0 Å². The molecule has 0 aliphatic carbocycles. The smallest absolute Gasteiger partial charge is 0.00968 e. The first kappa shape index (κ1) is 7.56. The van der Waals surface area contributed by atoms with Crippen molar-refractivity contribution in [3.05, 3.63) is 0 Å². The van der Waals surface area contributed by atoms with Crippen LogP contribution in [0, 0.1) is 5.41 Å². The molecule has 2 heterocycles. The zero-order valence-corrected chi connectivity index (χ0v) is 7.64. The van der Waals surface area contributed by atoms with Gasteiger partial charge >= 0.3 is 0 Å². The van der Waals surface area contributed by atoms with Crippen LogP contribution >= 0.6 is 0 Å². The summed E-state index contributed by atoms with van der Waals surface area (Å²) < 4.78 is 0. The molecule has 0 aromatic heterocycles. The van der Waals surface area contributed by atoms with Crippen LogP contribution in [-0.4, -0.2) is 49.6 Å². The molecule has 2 saturated heterocycles. The Labute approximate surface area is 69.2 Å². The average molecular weight is 154 g/mol. The van der Waals surface area contributed by atoms with E-state index < -0.39 is 0 Å². The van der Waals surface area contributed by atoms with E-state index >= 15 is 0 Å². The van der Waals surface area contributed by atoms with Gasteiger partial charge in [-0.1, -0.05) is 6.92 Å². The van der Waals surface area contributed by atoms with E-state index in [4.69, 9.17) is 0 Å². The SMILES string of the molecule is CCN1CC2(CCN(C)C2)C1. The third kappa shape index (κ3) is 1.18. The molecule has 0 saturated carbocycles. The molecule has 2 rings (SSSR count). The van der Waals surface area contributed by atoms with Gasteiger partial charge in [0.05, 0.1) is 0 Å². The molecular formula is C9H18N2. The Balaban J connectivity index is 1.87. The second-order valence-electron chi connectivity index (χ2n) is 4.29. The lowest BCUT2D eigenvalue weighted by Gasteiger charge is -2.47. The fraction of sp³-hybridized carbons (Fsp3) is 1.00. The van der Waals surface area contributed by atoms with Crippen molar-refractivity contribution in [1.29, 1.82) is 0 Å². The molecule has 0 bridgehead atoms. The molecule has 0 atom stereocenters. The van der Waals surface area contributed by atoms with Crippen molar-refractivity contribution >= 4 is 0 Å². The zero-order chi connectivity index (χ0) is 7.90. The van der Waals surface area contributed by atoms with Crippen LogP contribution in [0.15, 0.2) is 0 Å². The lowest BCUT2D eigenvalue weighted by Crippen LogP contribution is -2.56. The van der Waals surface area contributed by atoms with Crippen molar-refractivity contribution in [2.45, 2.75) is 13.3 Å². The standard InChI is InChI=1S/C9H18N2/c1-3-11-7-9(8-11)4-5-10(2)6-9/h3-8H2,1-2H3. The van der Waals surface area contributed by atoms with Crippen molar-refractivity contribution in [1.82, 2.24) is 9.80 Å². The lowest BCUT2D eigenvalue weighted by molar-refractivity contribution is 0.0148. The van der Waals surface area contributed by atoms with Crippen molar-refractivity contribution in [3.8, 4) is 0 Å². The maximum Gasteiger partial charge on any atom is 0.00968 e. The molecule has 0 amide bonds. The van der Waals surface area contributed by atoms with Gasteiger partial charge in [0.25, 0.3) is 0 Å². The summed E-state index contributed by atoms with van der Waals surface area (Å²) in [7, 11) is 2.24. The highest BCUT2D eigenvalue weighted by molar-refractivity contribution is 5.00. The van der Waals surface area contributed by atoms with E-state index in [9.17, 15) is 0 Å². The Morgan fingerprint density at radius 2 is 2.00 bits per heavy atom. The van der Waals surface area contributed by atoms with Crippen LogP contribution < -0.4 is 0 Å². The fourth-order valence-corrected chi connectivity index (χ4v) is 2.54. The van der Waals surface area contributed by atoms with Gasteiger partial charge in [-0.15, -0.1) is 0 Å². The Bertz CT molecular complexity index is 150. The molecular weight excluding hydrogens is 136 g/mol. The molecule has 1 spiro atoms. The first-order valence-electron chi connectivity index (χ1n) is 4.65. The van der Waals surface area contributed by atoms with Gasteiger partial charge in [0.1, 0.15) is 0 Å². The molecule has 2 aliphatic heterocycles. The lowest BCUT2D eigenvalue weighted by atomic mass is 9.79. The molecule has 64 valence electrons. The van der Waals surface area contributed by atoms with Gasteiger partial charge in [-0.05, 0) is 26.6 Å². The van der Waals surface area contributed by atoms with Crippen LogP contribution in [0.1, 0.15) is 13.3 Å². The van der Waals surface area contributed by atoms with Gasteiger partial charge < -0.3 is 9.80 Å². The monoisotopic (exact) mass is 154 g/mol. The molecule has 2 nitrogen and oxygen atoms in total. The van der Waals surface area contributed by atoms with Crippen LogP contribution in [0.25, 0.3) is 0 Å². The van der Waals surface area contributed by atoms with Gasteiger partial charge in [0, 0.05) is 25.0 Å². The number of nitrogens with zero attached hydrogens (tertiary/aromatic N) is 2. The summed E-state index contributed by atoms with van der Waals surface area (Å²) in [5, 5.41) is 0. The normalized spacial score (nSPS) is 31.1. The highest BCUT2D eigenvalue weighted by Crippen LogP contribution is 2.38. The van der Waals surface area contributed by atoms with E-state index in [0.29, 0.717) is 5.41 Å². The summed E-state index contributed by atoms with van der Waals surface area (Å²) in [5.41, 5.74) is 0.713. The van der Waals surface area contributed by atoms with Gasteiger partial charge in [-0.3, -0.25) is 0 Å². The van der Waals surface area contributed by atoms with E-state index in [0.717, 1.165) is 0 Å². The van der Waals surface area contributed by atoms with Crippen LogP contribution in [0.2, 0.25) is 0 Å². The minimum absolute atomic E-state index is 0.713. The molecule has 0 aromatic carbocycles. The third-order valence-electron chi connectivity index (χ3n) is 3.19. The molecule has 2 aliphatic rings. The van der Waals surface area contributed by atoms with Crippen LogP contribution in [0.3, 0.4) is 0 Å². The predicted molar refractivity (Wildman–Crippen MR) is 46.7 cm³/mol. The Kier molecular flexibility index (Phi) is 1.69. The molecule has 0 N–H and O–H groups in total. The minimum Gasteiger partial charge on any atom is -0.306 e. The number of likely N-dealkylation sites (tertiary alicyclic amines) is 2. The van der Waals surface area contributed by atoms with Crippen molar-refractivity contribution < 1.29 is 0 Å². The van der Waals surface area contributed by atoms with Crippen LogP contribution in [-0.2, 0) is 0 Å². The van der Waals surface area contributed by atoms with Crippen LogP contribution in [0.5, 0.6) is 0 Å². The zero-order valence-electron chi connectivity index (χ0n) is 7.64. The first-order valence-corrected chi connectivity index (χ1v) is 4.65. The van der Waals surface area contributed by atoms with Gasteiger partial charge in [0.15, 0.2) is 0 Å². The Morgan fingerprint density at radius 1 is 1.27 bits per heavy atom. The second-order valence-corrected chi connectivity index (χ2v) is 4.29. The predicted octanol–water partition coefficient (Wildman–Crippen LogP) is 0.644. The molecule has 0 aromatic rings. The quantitative estimate of drug-likeness (QED) is 0.547. The third-order valence-corrected chi connectivity index (χ3v) is 3.19. The van der Waals surface area contributed by atoms with Crippen molar-refractivity contribution in [3.63, 3.8) is 0 Å². The van der Waals surface area contributed by atoms with E-state index in [2.05, 4.69) is 23.8 Å². The summed E-state index contributed by atoms with van der Waals surface area (Å²) in [5.74, 6) is 0. The highest BCUT2D eigenvalue weighted by atomic mass is 15.3. The molecule has 2 heteroatoms. The Morgan fingerprint density at radius 3 is 2.45 bits per heavy atom. The number of hydrogen-bond acceptors (Lipinski definition) is 2. The maximum absolute atomic E-state index is 2.54. The van der Waals surface area contributed by atoms with Gasteiger partial charge in [-0.25, -0.2) is 0 Å². The fourth-order valence-electron chi connectivity index (χ4n) is 2.54. The molecule has 11 heavy (non-hydrogen) atoms. The summed E-state index contributed by atoms with van der Waals surface area (Å²) in [6.07, 6.45) is 1.43. The van der Waals surface area contributed by atoms with E-state index in [1.54, 1.807) is 0 Å². The average Bonchev–Trinajstić information content (AvgIpc) is 2.28. The summed E-state index contributed by atoms with van der Waals surface area (Å²) in [6.45, 7) is 8.86. The number of hydrogen-bond donors (Lipinski definition) is 0. The van der Waals surface area contributed by atoms with E-state index in [1.807, 2.05) is 0 Å². The molecule has 0 radical (unpaired) electrons. The summed E-state index contributed by atoms with van der Waals surface area (Å²) in [6, 6.07) is 0. The molecule has 2 fully saturated rings. The van der Waals surface area contributed by atoms with E-state index in [1.165, 1.54) is 39.1 Å². The minimum atomic E-state index is 0.713. The topological polar surface area (TPSA) is 6.48 Å². The second kappa shape index (κ2) is 2.46. The largest absolute Gasteiger partial charge is 0.306 e. The first-order chi connectivity index (χ1) is 5.24. The number of rotatable bonds is 1. The summed E-state index contributed by atoms with van der Waals surface area (Å²) in [4.78, 5) is 5.01. The van der Waals surface area contributed by atoms with Crippen LogP contribution in [0.4, 0.5) is 0 Å². The van der Waals surface area contributed by atoms with Crippen molar-refractivity contribution in [2.75, 3.05) is 39.8 Å². The highest BCUT2D eigenvalue weighted by Gasteiger charge is 2.45. The molecule has 0 unspecified atom stereocenters. The van der Waals surface area contributed by atoms with Gasteiger partial charge in [-0.2, -0.15) is 0 Å². The van der Waals surface area contributed by atoms with Crippen molar-refractivity contribution in [2.24, 2.45) is 5.41 Å².